The van der Waals surface area contributed by atoms with Gasteiger partial charge in [0.25, 0.3) is 15.5 Å². The van der Waals surface area contributed by atoms with E-state index in [2.05, 4.69) is 15.9 Å². The number of halogens is 4. The summed E-state index contributed by atoms with van der Waals surface area (Å²) in [4.78, 5) is -0.699. The second-order valence-corrected chi connectivity index (χ2v) is 6.11. The Hall–Kier alpha value is -0.710. The van der Waals surface area contributed by atoms with Crippen molar-refractivity contribution >= 4 is 35.7 Å². The van der Waals surface area contributed by atoms with Crippen LogP contribution in [0.15, 0.2) is 21.5 Å². The molecule has 0 spiro atoms. The first-order valence-electron chi connectivity index (χ1n) is 3.73. The number of rotatable bonds is 2. The maximum atomic E-state index is 12.6. The van der Waals surface area contributed by atoms with Crippen LogP contribution in [0.5, 0.6) is 0 Å². The van der Waals surface area contributed by atoms with Crippen molar-refractivity contribution < 1.29 is 17.2 Å². The van der Waals surface area contributed by atoms with Gasteiger partial charge in [-0.05, 0) is 28.1 Å². The summed E-state index contributed by atoms with van der Waals surface area (Å²) in [6.45, 7) is 0. The largest absolute Gasteiger partial charge is 0.265 e. The predicted octanol–water partition coefficient (Wildman–Crippen LogP) is 3.19. The summed E-state index contributed by atoms with van der Waals surface area (Å²) in [6.07, 6.45) is -3.02. The minimum absolute atomic E-state index is 0.0839. The molecule has 0 amide bonds. The molecular weight excluding hydrogens is 328 g/mol. The van der Waals surface area contributed by atoms with Gasteiger partial charge in [-0.3, -0.25) is 0 Å². The Labute approximate surface area is 103 Å². The average molecular weight is 331 g/mol. The summed E-state index contributed by atoms with van der Waals surface area (Å²) in [5, 5.41) is 8.61. The summed E-state index contributed by atoms with van der Waals surface area (Å²) in [7, 11) is 0.737. The number of nitrogens with zero attached hydrogens (tertiary/aromatic N) is 1. The highest BCUT2D eigenvalue weighted by Gasteiger charge is 2.23. The van der Waals surface area contributed by atoms with Crippen LogP contribution in [-0.2, 0) is 9.05 Å². The number of hydrogen-bond donors (Lipinski definition) is 0. The van der Waals surface area contributed by atoms with E-state index >= 15 is 0 Å². The Bertz CT molecular complexity index is 568. The minimum Gasteiger partial charge on any atom is -0.207 e. The number of alkyl halides is 2. The SMILES string of the molecule is N#Cc1cc(C(F)F)c(S(=O)(=O)Cl)cc1Br. The zero-order valence-corrected chi connectivity index (χ0v) is 10.6. The van der Waals surface area contributed by atoms with E-state index in [1.165, 1.54) is 0 Å². The highest BCUT2D eigenvalue weighted by Crippen LogP contribution is 2.33. The van der Waals surface area contributed by atoms with Crippen LogP contribution in [0.3, 0.4) is 0 Å². The van der Waals surface area contributed by atoms with Crippen LogP contribution < -0.4 is 0 Å². The monoisotopic (exact) mass is 329 g/mol. The predicted molar refractivity (Wildman–Crippen MR) is 56.9 cm³/mol. The lowest BCUT2D eigenvalue weighted by Gasteiger charge is -2.07. The van der Waals surface area contributed by atoms with Gasteiger partial charge in [0.15, 0.2) is 0 Å². The van der Waals surface area contributed by atoms with Crippen LogP contribution in [0.1, 0.15) is 17.6 Å². The Balaban J connectivity index is 3.63. The van der Waals surface area contributed by atoms with E-state index in [1.54, 1.807) is 6.07 Å². The molecule has 0 aliphatic rings. The van der Waals surface area contributed by atoms with Crippen molar-refractivity contribution in [3.05, 3.63) is 27.7 Å². The van der Waals surface area contributed by atoms with Gasteiger partial charge in [0, 0.05) is 20.7 Å². The molecule has 1 aromatic carbocycles. The normalized spacial score (nSPS) is 11.5. The van der Waals surface area contributed by atoms with E-state index in [0.717, 1.165) is 12.1 Å². The first-order chi connectivity index (χ1) is 7.27. The molecule has 0 saturated heterocycles. The molecule has 0 heterocycles. The van der Waals surface area contributed by atoms with Crippen LogP contribution in [0.2, 0.25) is 0 Å². The Morgan fingerprint density at radius 1 is 1.44 bits per heavy atom. The molecule has 0 radical (unpaired) electrons. The zero-order valence-electron chi connectivity index (χ0n) is 7.42. The van der Waals surface area contributed by atoms with Gasteiger partial charge in [0.05, 0.1) is 10.5 Å². The topological polar surface area (TPSA) is 57.9 Å². The lowest BCUT2D eigenvalue weighted by atomic mass is 10.1. The summed E-state index contributed by atoms with van der Waals surface area (Å²) in [5.74, 6) is 0. The van der Waals surface area contributed by atoms with Crippen LogP contribution in [-0.4, -0.2) is 8.42 Å². The van der Waals surface area contributed by atoms with Crippen molar-refractivity contribution in [2.75, 3.05) is 0 Å². The van der Waals surface area contributed by atoms with Gasteiger partial charge in [-0.1, -0.05) is 0 Å². The van der Waals surface area contributed by atoms with Gasteiger partial charge >= 0.3 is 0 Å². The van der Waals surface area contributed by atoms with Gasteiger partial charge < -0.3 is 0 Å². The molecule has 0 saturated carbocycles. The second-order valence-electron chi connectivity index (χ2n) is 2.72. The van der Waals surface area contributed by atoms with Gasteiger partial charge in [-0.2, -0.15) is 5.26 Å². The first-order valence-corrected chi connectivity index (χ1v) is 6.84. The van der Waals surface area contributed by atoms with Crippen LogP contribution in [0, 0.1) is 11.3 Å². The number of hydrogen-bond acceptors (Lipinski definition) is 3. The lowest BCUT2D eigenvalue weighted by Crippen LogP contribution is -2.00. The Kier molecular flexibility index (Phi) is 3.88. The molecule has 3 nitrogen and oxygen atoms in total. The van der Waals surface area contributed by atoms with Crippen LogP contribution >= 0.6 is 26.6 Å². The van der Waals surface area contributed by atoms with Crippen molar-refractivity contribution in [1.29, 1.82) is 5.26 Å². The fourth-order valence-electron chi connectivity index (χ4n) is 1.04. The summed E-state index contributed by atoms with van der Waals surface area (Å²) >= 11 is 2.89. The molecule has 1 aromatic rings. The fraction of sp³-hybridized carbons (Fsp3) is 0.125. The van der Waals surface area contributed by atoms with E-state index in [1.807, 2.05) is 0 Å². The van der Waals surface area contributed by atoms with Crippen molar-refractivity contribution in [3.8, 4) is 6.07 Å². The minimum atomic E-state index is -4.27. The van der Waals surface area contributed by atoms with E-state index in [4.69, 9.17) is 15.9 Å². The Morgan fingerprint density at radius 2 is 2.00 bits per heavy atom. The maximum absolute atomic E-state index is 12.6. The average Bonchev–Trinajstić information content (AvgIpc) is 2.15. The molecule has 0 unspecified atom stereocenters. The van der Waals surface area contributed by atoms with Crippen molar-refractivity contribution in [3.63, 3.8) is 0 Å². The quantitative estimate of drug-likeness (QED) is 0.783. The second kappa shape index (κ2) is 4.65. The molecule has 0 bridgehead atoms. The van der Waals surface area contributed by atoms with Crippen molar-refractivity contribution in [2.24, 2.45) is 0 Å². The number of nitriles is 1. The molecule has 86 valence electrons. The third-order valence-electron chi connectivity index (χ3n) is 1.72. The third-order valence-corrected chi connectivity index (χ3v) is 3.75. The molecule has 0 aliphatic heterocycles. The molecule has 0 aliphatic carbocycles. The summed E-state index contributed by atoms with van der Waals surface area (Å²) in [5.41, 5.74) is -0.867. The fourth-order valence-corrected chi connectivity index (χ4v) is 2.71. The maximum Gasteiger partial charge on any atom is 0.265 e. The van der Waals surface area contributed by atoms with E-state index < -0.39 is 25.9 Å². The standard InChI is InChI=1S/C8H3BrClF2NO2S/c9-6-2-7(16(10,14)15)5(8(11)12)1-4(6)3-13/h1-2,8H. The van der Waals surface area contributed by atoms with Gasteiger partial charge in [0.2, 0.25) is 0 Å². The van der Waals surface area contributed by atoms with Crippen LogP contribution in [0.4, 0.5) is 8.78 Å². The van der Waals surface area contributed by atoms with Gasteiger partial charge in [-0.25, -0.2) is 17.2 Å². The zero-order chi connectivity index (χ0) is 12.5. The van der Waals surface area contributed by atoms with Crippen molar-refractivity contribution in [1.82, 2.24) is 0 Å². The molecule has 16 heavy (non-hydrogen) atoms. The molecule has 0 atom stereocenters. The molecule has 0 aromatic heterocycles. The van der Waals surface area contributed by atoms with Gasteiger partial charge in [0.1, 0.15) is 6.07 Å². The molecular formula is C8H3BrClF2NO2S. The summed E-state index contributed by atoms with van der Waals surface area (Å²) in [6, 6.07) is 3.34. The van der Waals surface area contributed by atoms with Gasteiger partial charge in [-0.15, -0.1) is 0 Å². The third kappa shape index (κ3) is 2.70. The molecule has 0 fully saturated rings. The van der Waals surface area contributed by atoms with Crippen molar-refractivity contribution in [2.45, 2.75) is 11.3 Å². The smallest absolute Gasteiger partial charge is 0.207 e. The lowest BCUT2D eigenvalue weighted by molar-refractivity contribution is 0.148. The highest BCUT2D eigenvalue weighted by atomic mass is 79.9. The molecule has 8 heteroatoms. The molecule has 0 N–H and O–H groups in total. The first kappa shape index (κ1) is 13.4. The van der Waals surface area contributed by atoms with E-state index in [9.17, 15) is 17.2 Å². The Morgan fingerprint density at radius 3 is 2.38 bits per heavy atom. The summed E-state index contributed by atoms with van der Waals surface area (Å²) < 4.78 is 47.3. The molecule has 1 rings (SSSR count). The van der Waals surface area contributed by atoms with E-state index in [0.29, 0.717) is 0 Å². The number of benzene rings is 1. The van der Waals surface area contributed by atoms with Crippen LogP contribution in [0.25, 0.3) is 0 Å². The van der Waals surface area contributed by atoms with E-state index in [-0.39, 0.29) is 10.0 Å². The highest BCUT2D eigenvalue weighted by molar-refractivity contribution is 9.10.